The Balaban J connectivity index is 0.00000210. The molecular formula is C22H20BrFN2O. The van der Waals surface area contributed by atoms with E-state index in [0.29, 0.717) is 23.9 Å². The summed E-state index contributed by atoms with van der Waals surface area (Å²) in [6.07, 6.45) is 3.84. The smallest absolute Gasteiger partial charge is 0.233 e. The average Bonchev–Trinajstić information content (AvgIpc) is 3.07. The SMILES string of the molecule is CC(C)c1ccc2oc(-c3ccc[n+](Cc4ccccc4F)c3)nc2c1.[Br-]. The predicted molar refractivity (Wildman–Crippen MR) is 99.2 cm³/mol. The van der Waals surface area contributed by atoms with Gasteiger partial charge >= 0.3 is 0 Å². The topological polar surface area (TPSA) is 29.9 Å². The van der Waals surface area contributed by atoms with Crippen LogP contribution in [0, 0.1) is 5.82 Å². The van der Waals surface area contributed by atoms with E-state index < -0.39 is 0 Å². The van der Waals surface area contributed by atoms with Gasteiger partial charge in [-0.3, -0.25) is 0 Å². The van der Waals surface area contributed by atoms with E-state index >= 15 is 0 Å². The normalized spacial score (nSPS) is 11.0. The van der Waals surface area contributed by atoms with Crippen LogP contribution >= 0.6 is 0 Å². The second kappa shape index (κ2) is 8.01. The molecule has 138 valence electrons. The minimum atomic E-state index is -0.200. The van der Waals surface area contributed by atoms with Gasteiger partial charge in [-0.1, -0.05) is 32.0 Å². The first-order valence-corrected chi connectivity index (χ1v) is 8.73. The molecule has 0 aliphatic heterocycles. The van der Waals surface area contributed by atoms with E-state index in [-0.39, 0.29) is 22.8 Å². The van der Waals surface area contributed by atoms with Gasteiger partial charge in [-0.2, -0.15) is 4.57 Å². The zero-order valence-electron chi connectivity index (χ0n) is 15.2. The Labute approximate surface area is 168 Å². The number of aromatic nitrogens is 2. The van der Waals surface area contributed by atoms with Crippen molar-refractivity contribution < 1.29 is 30.4 Å². The second-order valence-corrected chi connectivity index (χ2v) is 6.76. The highest BCUT2D eigenvalue weighted by Crippen LogP contribution is 2.26. The maximum atomic E-state index is 13.9. The van der Waals surface area contributed by atoms with E-state index in [1.165, 1.54) is 11.6 Å². The number of benzene rings is 2. The molecule has 5 heteroatoms. The minimum absolute atomic E-state index is 0. The van der Waals surface area contributed by atoms with E-state index in [0.717, 1.165) is 16.7 Å². The van der Waals surface area contributed by atoms with Gasteiger partial charge in [0.1, 0.15) is 16.9 Å². The molecule has 0 radical (unpaired) electrons. The Hall–Kier alpha value is -2.53. The van der Waals surface area contributed by atoms with Crippen molar-refractivity contribution in [3.8, 4) is 11.5 Å². The maximum absolute atomic E-state index is 13.9. The van der Waals surface area contributed by atoms with Crippen molar-refractivity contribution in [3.63, 3.8) is 0 Å². The lowest BCUT2D eigenvalue weighted by atomic mass is 10.0. The van der Waals surface area contributed by atoms with E-state index in [4.69, 9.17) is 4.42 Å². The summed E-state index contributed by atoms with van der Waals surface area (Å²) in [7, 11) is 0. The Morgan fingerprint density at radius 3 is 2.67 bits per heavy atom. The van der Waals surface area contributed by atoms with E-state index in [1.54, 1.807) is 12.1 Å². The van der Waals surface area contributed by atoms with Crippen molar-refractivity contribution in [2.75, 3.05) is 0 Å². The van der Waals surface area contributed by atoms with Crippen LogP contribution in [-0.4, -0.2) is 4.98 Å². The van der Waals surface area contributed by atoms with Crippen LogP contribution in [0.5, 0.6) is 0 Å². The van der Waals surface area contributed by atoms with Crippen LogP contribution in [0.1, 0.15) is 30.9 Å². The Morgan fingerprint density at radius 1 is 1.07 bits per heavy atom. The molecule has 4 rings (SSSR count). The standard InChI is InChI=1S/C22H20FN2O.BrH/c1-15(2)16-9-10-21-20(12-16)24-22(26-21)18-7-5-11-25(14-18)13-17-6-3-4-8-19(17)23;/h3-12,14-15H,13H2,1-2H3;1H/q+1;/p-1. The first-order chi connectivity index (χ1) is 12.6. The number of hydrogen-bond acceptors (Lipinski definition) is 2. The highest BCUT2D eigenvalue weighted by molar-refractivity contribution is 5.76. The molecule has 2 heterocycles. The number of oxazole rings is 1. The molecule has 0 N–H and O–H groups in total. The molecule has 3 nitrogen and oxygen atoms in total. The van der Waals surface area contributed by atoms with Crippen molar-refractivity contribution >= 4 is 11.1 Å². The molecule has 0 saturated carbocycles. The van der Waals surface area contributed by atoms with E-state index in [2.05, 4.69) is 31.0 Å². The van der Waals surface area contributed by atoms with Crippen LogP contribution in [0.15, 0.2) is 71.4 Å². The Bertz CT molecular complexity index is 1070. The third-order valence-corrected chi connectivity index (χ3v) is 4.49. The molecule has 2 aromatic carbocycles. The quantitative estimate of drug-likeness (QED) is 0.467. The summed E-state index contributed by atoms with van der Waals surface area (Å²) < 4.78 is 21.7. The van der Waals surface area contributed by atoms with E-state index in [9.17, 15) is 4.39 Å². The maximum Gasteiger partial charge on any atom is 0.233 e. The van der Waals surface area contributed by atoms with Gasteiger partial charge in [-0.15, -0.1) is 0 Å². The van der Waals surface area contributed by atoms with Crippen molar-refractivity contribution in [3.05, 3.63) is 83.9 Å². The van der Waals surface area contributed by atoms with Crippen molar-refractivity contribution in [1.29, 1.82) is 0 Å². The molecule has 0 spiro atoms. The molecule has 0 amide bonds. The number of nitrogens with zero attached hydrogens (tertiary/aromatic N) is 2. The zero-order chi connectivity index (χ0) is 18.1. The summed E-state index contributed by atoms with van der Waals surface area (Å²) in [4.78, 5) is 4.64. The molecule has 0 bridgehead atoms. The Morgan fingerprint density at radius 2 is 1.89 bits per heavy atom. The lowest BCUT2D eigenvalue weighted by Crippen LogP contribution is -3.00. The summed E-state index contributed by atoms with van der Waals surface area (Å²) in [6.45, 7) is 4.77. The number of pyridine rings is 1. The molecule has 0 atom stereocenters. The second-order valence-electron chi connectivity index (χ2n) is 6.76. The van der Waals surface area contributed by atoms with Crippen LogP contribution in [0.4, 0.5) is 4.39 Å². The van der Waals surface area contributed by atoms with Crippen LogP contribution in [0.2, 0.25) is 0 Å². The van der Waals surface area contributed by atoms with Crippen LogP contribution in [0.25, 0.3) is 22.6 Å². The van der Waals surface area contributed by atoms with Crippen LogP contribution in [-0.2, 0) is 6.54 Å². The fourth-order valence-electron chi connectivity index (χ4n) is 3.00. The highest BCUT2D eigenvalue weighted by Gasteiger charge is 2.14. The van der Waals surface area contributed by atoms with Crippen LogP contribution in [0.3, 0.4) is 0 Å². The summed E-state index contributed by atoms with van der Waals surface area (Å²) in [6, 6.07) is 16.8. The first kappa shape index (κ1) is 19.2. The largest absolute Gasteiger partial charge is 1.00 e. The fourth-order valence-corrected chi connectivity index (χ4v) is 3.00. The predicted octanol–water partition coefficient (Wildman–Crippen LogP) is 2.10. The first-order valence-electron chi connectivity index (χ1n) is 8.73. The molecule has 0 unspecified atom stereocenters. The third kappa shape index (κ3) is 4.08. The molecule has 0 aliphatic rings. The van der Waals surface area contributed by atoms with Gasteiger partial charge in [0, 0.05) is 6.07 Å². The fraction of sp³-hybridized carbons (Fsp3) is 0.182. The molecule has 0 aliphatic carbocycles. The van der Waals surface area contributed by atoms with Gasteiger partial charge in [0.2, 0.25) is 5.89 Å². The van der Waals surface area contributed by atoms with Gasteiger partial charge in [-0.05, 0) is 41.8 Å². The number of fused-ring (bicyclic) bond motifs is 1. The molecular weight excluding hydrogens is 407 g/mol. The van der Waals surface area contributed by atoms with Gasteiger partial charge in [0.25, 0.3) is 0 Å². The molecule has 0 saturated heterocycles. The lowest BCUT2D eigenvalue weighted by Gasteiger charge is -2.02. The molecule has 0 fully saturated rings. The molecule has 27 heavy (non-hydrogen) atoms. The number of rotatable bonds is 4. The summed E-state index contributed by atoms with van der Waals surface area (Å²) >= 11 is 0. The number of hydrogen-bond donors (Lipinski definition) is 0. The Kier molecular flexibility index (Phi) is 5.71. The van der Waals surface area contributed by atoms with Crippen molar-refractivity contribution in [2.45, 2.75) is 26.3 Å². The molecule has 4 aromatic rings. The molecule has 2 aromatic heterocycles. The van der Waals surface area contributed by atoms with E-state index in [1.807, 2.05) is 41.2 Å². The number of halogens is 2. The minimum Gasteiger partial charge on any atom is -1.00 e. The van der Waals surface area contributed by atoms with Gasteiger partial charge in [0.05, 0.1) is 5.56 Å². The summed E-state index contributed by atoms with van der Waals surface area (Å²) in [5.41, 5.74) is 4.38. The highest BCUT2D eigenvalue weighted by atomic mass is 79.9. The van der Waals surface area contributed by atoms with Crippen LogP contribution < -0.4 is 21.5 Å². The average molecular weight is 427 g/mol. The van der Waals surface area contributed by atoms with Gasteiger partial charge in [0.15, 0.2) is 24.5 Å². The van der Waals surface area contributed by atoms with Gasteiger partial charge in [-0.25, -0.2) is 9.37 Å². The summed E-state index contributed by atoms with van der Waals surface area (Å²) in [5.74, 6) is 0.816. The lowest BCUT2D eigenvalue weighted by molar-refractivity contribution is -0.688. The van der Waals surface area contributed by atoms with Gasteiger partial charge < -0.3 is 21.4 Å². The summed E-state index contributed by atoms with van der Waals surface area (Å²) in [5, 5.41) is 0. The zero-order valence-corrected chi connectivity index (χ0v) is 16.8. The monoisotopic (exact) mass is 426 g/mol. The third-order valence-electron chi connectivity index (χ3n) is 4.49. The van der Waals surface area contributed by atoms with Crippen molar-refractivity contribution in [1.82, 2.24) is 4.98 Å². The van der Waals surface area contributed by atoms with Crippen molar-refractivity contribution in [2.24, 2.45) is 0 Å².